The zero-order chi connectivity index (χ0) is 15.4. The maximum atomic E-state index is 5.39. The van der Waals surface area contributed by atoms with Gasteiger partial charge in [-0.2, -0.15) is 0 Å². The topological polar surface area (TPSA) is 12.0 Å². The standard InChI is InChI=1S/C21H19N/c1-3-17-11-13-18(14-12-17)15-22-16(2)20-10-6-8-19-7-4-5-9-21(19)20/h1,4-14,16,22H,15H2,2H3/t16-/m1/s1. The van der Waals surface area contributed by atoms with Gasteiger partial charge in [-0.25, -0.2) is 0 Å². The Morgan fingerprint density at radius 2 is 1.68 bits per heavy atom. The number of terminal acetylenes is 1. The minimum absolute atomic E-state index is 0.290. The molecule has 0 aliphatic heterocycles. The van der Waals surface area contributed by atoms with Gasteiger partial charge in [0, 0.05) is 18.2 Å². The number of rotatable bonds is 4. The molecule has 1 nitrogen and oxygen atoms in total. The van der Waals surface area contributed by atoms with Crippen LogP contribution in [-0.4, -0.2) is 0 Å². The molecular weight excluding hydrogens is 266 g/mol. The Kier molecular flexibility index (Phi) is 4.23. The lowest BCUT2D eigenvalue weighted by Gasteiger charge is -2.16. The number of hydrogen-bond donors (Lipinski definition) is 1. The molecule has 1 atom stereocenters. The van der Waals surface area contributed by atoms with Crippen molar-refractivity contribution >= 4 is 10.8 Å². The van der Waals surface area contributed by atoms with Gasteiger partial charge in [0.2, 0.25) is 0 Å². The zero-order valence-electron chi connectivity index (χ0n) is 12.7. The van der Waals surface area contributed by atoms with E-state index in [1.54, 1.807) is 0 Å². The van der Waals surface area contributed by atoms with Crippen molar-refractivity contribution in [3.8, 4) is 12.3 Å². The summed E-state index contributed by atoms with van der Waals surface area (Å²) in [6.07, 6.45) is 5.39. The van der Waals surface area contributed by atoms with Crippen LogP contribution in [-0.2, 0) is 6.54 Å². The van der Waals surface area contributed by atoms with E-state index in [9.17, 15) is 0 Å². The highest BCUT2D eigenvalue weighted by molar-refractivity contribution is 5.86. The van der Waals surface area contributed by atoms with E-state index in [4.69, 9.17) is 6.42 Å². The van der Waals surface area contributed by atoms with Crippen LogP contribution in [0.15, 0.2) is 66.7 Å². The number of hydrogen-bond acceptors (Lipinski definition) is 1. The number of nitrogens with one attached hydrogen (secondary N) is 1. The van der Waals surface area contributed by atoms with Crippen LogP contribution in [0.2, 0.25) is 0 Å². The summed E-state index contributed by atoms with van der Waals surface area (Å²) in [6.45, 7) is 3.03. The van der Waals surface area contributed by atoms with Gasteiger partial charge in [0.25, 0.3) is 0 Å². The van der Waals surface area contributed by atoms with E-state index < -0.39 is 0 Å². The van der Waals surface area contributed by atoms with Crippen LogP contribution in [0.25, 0.3) is 10.8 Å². The van der Waals surface area contributed by atoms with Gasteiger partial charge >= 0.3 is 0 Å². The molecule has 0 heterocycles. The van der Waals surface area contributed by atoms with E-state index in [1.165, 1.54) is 21.9 Å². The van der Waals surface area contributed by atoms with Gasteiger partial charge in [-0.3, -0.25) is 0 Å². The second kappa shape index (κ2) is 6.47. The molecule has 3 aromatic carbocycles. The highest BCUT2D eigenvalue weighted by Crippen LogP contribution is 2.24. The first-order valence-electron chi connectivity index (χ1n) is 7.54. The fraction of sp³-hybridized carbons (Fsp3) is 0.143. The predicted molar refractivity (Wildman–Crippen MR) is 93.6 cm³/mol. The first-order valence-corrected chi connectivity index (χ1v) is 7.54. The van der Waals surface area contributed by atoms with Crippen LogP contribution >= 0.6 is 0 Å². The molecule has 0 fully saturated rings. The third-order valence-electron chi connectivity index (χ3n) is 4.02. The van der Waals surface area contributed by atoms with Crippen LogP contribution in [0, 0.1) is 12.3 Å². The van der Waals surface area contributed by atoms with Crippen molar-refractivity contribution in [3.63, 3.8) is 0 Å². The quantitative estimate of drug-likeness (QED) is 0.687. The largest absolute Gasteiger partial charge is 0.306 e. The Morgan fingerprint density at radius 3 is 2.45 bits per heavy atom. The molecule has 1 heteroatoms. The fourth-order valence-corrected chi connectivity index (χ4v) is 2.73. The number of fused-ring (bicyclic) bond motifs is 1. The molecule has 3 rings (SSSR count). The summed E-state index contributed by atoms with van der Waals surface area (Å²) in [5, 5.41) is 6.19. The molecule has 0 unspecified atom stereocenters. The van der Waals surface area contributed by atoms with E-state index in [2.05, 4.69) is 72.8 Å². The highest BCUT2D eigenvalue weighted by Gasteiger charge is 2.08. The van der Waals surface area contributed by atoms with Gasteiger partial charge < -0.3 is 5.32 Å². The molecule has 0 amide bonds. The smallest absolute Gasteiger partial charge is 0.0301 e. The van der Waals surface area contributed by atoms with E-state index in [0.29, 0.717) is 6.04 Å². The Hall–Kier alpha value is -2.56. The van der Waals surface area contributed by atoms with Crippen LogP contribution in [0.1, 0.15) is 29.7 Å². The van der Waals surface area contributed by atoms with Gasteiger partial charge in [0.1, 0.15) is 0 Å². The molecule has 0 aliphatic carbocycles. The summed E-state index contributed by atoms with van der Waals surface area (Å²) in [7, 11) is 0. The zero-order valence-corrected chi connectivity index (χ0v) is 12.7. The van der Waals surface area contributed by atoms with Crippen molar-refractivity contribution in [2.24, 2.45) is 0 Å². The minimum Gasteiger partial charge on any atom is -0.306 e. The van der Waals surface area contributed by atoms with Crippen LogP contribution < -0.4 is 5.32 Å². The summed E-state index contributed by atoms with van der Waals surface area (Å²) in [4.78, 5) is 0. The molecule has 0 saturated carbocycles. The molecule has 0 radical (unpaired) electrons. The lowest BCUT2D eigenvalue weighted by Crippen LogP contribution is -2.18. The van der Waals surface area contributed by atoms with Crippen molar-refractivity contribution in [1.82, 2.24) is 5.32 Å². The average molecular weight is 285 g/mol. The normalized spacial score (nSPS) is 12.0. The Balaban J connectivity index is 1.76. The van der Waals surface area contributed by atoms with E-state index in [0.717, 1.165) is 12.1 Å². The van der Waals surface area contributed by atoms with Gasteiger partial charge in [0.05, 0.1) is 0 Å². The Labute approximate surface area is 132 Å². The van der Waals surface area contributed by atoms with Crippen molar-refractivity contribution in [3.05, 3.63) is 83.4 Å². The predicted octanol–water partition coefficient (Wildman–Crippen LogP) is 4.67. The summed E-state index contributed by atoms with van der Waals surface area (Å²) in [5.41, 5.74) is 3.50. The summed E-state index contributed by atoms with van der Waals surface area (Å²) >= 11 is 0. The third-order valence-corrected chi connectivity index (χ3v) is 4.02. The molecule has 0 spiro atoms. The Morgan fingerprint density at radius 1 is 0.955 bits per heavy atom. The van der Waals surface area contributed by atoms with Crippen molar-refractivity contribution in [2.75, 3.05) is 0 Å². The van der Waals surface area contributed by atoms with Crippen LogP contribution in [0.4, 0.5) is 0 Å². The molecule has 1 N–H and O–H groups in total. The maximum Gasteiger partial charge on any atom is 0.0301 e. The first-order chi connectivity index (χ1) is 10.8. The van der Waals surface area contributed by atoms with Crippen molar-refractivity contribution < 1.29 is 0 Å². The minimum atomic E-state index is 0.290. The average Bonchev–Trinajstić information content (AvgIpc) is 2.59. The third kappa shape index (κ3) is 3.03. The van der Waals surface area contributed by atoms with E-state index >= 15 is 0 Å². The molecule has 0 saturated heterocycles. The van der Waals surface area contributed by atoms with Gasteiger partial charge in [-0.15, -0.1) is 6.42 Å². The second-order valence-electron chi connectivity index (χ2n) is 5.51. The monoisotopic (exact) mass is 285 g/mol. The molecular formula is C21H19N. The van der Waals surface area contributed by atoms with E-state index in [1.807, 2.05) is 12.1 Å². The fourth-order valence-electron chi connectivity index (χ4n) is 2.73. The summed E-state index contributed by atoms with van der Waals surface area (Å²) in [6, 6.07) is 23.4. The van der Waals surface area contributed by atoms with Crippen LogP contribution in [0.3, 0.4) is 0 Å². The molecule has 0 bridgehead atoms. The Bertz CT molecular complexity index is 804. The second-order valence-corrected chi connectivity index (χ2v) is 5.51. The van der Waals surface area contributed by atoms with E-state index in [-0.39, 0.29) is 0 Å². The summed E-state index contributed by atoms with van der Waals surface area (Å²) in [5.74, 6) is 2.64. The molecule has 22 heavy (non-hydrogen) atoms. The first kappa shape index (κ1) is 14.4. The lowest BCUT2D eigenvalue weighted by atomic mass is 9.99. The number of benzene rings is 3. The molecule has 108 valence electrons. The van der Waals surface area contributed by atoms with Crippen molar-refractivity contribution in [1.29, 1.82) is 0 Å². The SMILES string of the molecule is C#Cc1ccc(CN[C@H](C)c2cccc3ccccc23)cc1. The van der Waals surface area contributed by atoms with Gasteiger partial charge in [0.15, 0.2) is 0 Å². The van der Waals surface area contributed by atoms with Gasteiger partial charge in [-0.1, -0.05) is 60.5 Å². The highest BCUT2D eigenvalue weighted by atomic mass is 14.9. The lowest BCUT2D eigenvalue weighted by molar-refractivity contribution is 0.578. The maximum absolute atomic E-state index is 5.39. The summed E-state index contributed by atoms with van der Waals surface area (Å²) < 4.78 is 0. The molecule has 0 aromatic heterocycles. The van der Waals surface area contributed by atoms with Crippen LogP contribution in [0.5, 0.6) is 0 Å². The molecule has 3 aromatic rings. The molecule has 0 aliphatic rings. The van der Waals surface area contributed by atoms with Gasteiger partial charge in [-0.05, 0) is 41.0 Å². The van der Waals surface area contributed by atoms with Crippen molar-refractivity contribution in [2.45, 2.75) is 19.5 Å².